The maximum Gasteiger partial charge on any atom is 0.264 e. The van der Waals surface area contributed by atoms with Gasteiger partial charge in [0.05, 0.1) is 15.6 Å². The lowest BCUT2D eigenvalue weighted by molar-refractivity contribution is -0.115. The van der Waals surface area contributed by atoms with E-state index in [9.17, 15) is 18.0 Å². The van der Waals surface area contributed by atoms with Crippen molar-refractivity contribution in [1.82, 2.24) is 0 Å². The molecule has 0 saturated carbocycles. The molecule has 0 saturated heterocycles. The second-order valence-corrected chi connectivity index (χ2v) is 9.93. The predicted molar refractivity (Wildman–Crippen MR) is 132 cm³/mol. The number of carbonyl (C=O) groups excluding carboxylic acids is 2. The third kappa shape index (κ3) is 6.25. The highest BCUT2D eigenvalue weighted by Gasteiger charge is 2.29. The van der Waals surface area contributed by atoms with Crippen molar-refractivity contribution >= 4 is 62.1 Å². The molecule has 0 bridgehead atoms. The first-order valence-corrected chi connectivity index (χ1v) is 12.0. The first kappa shape index (κ1) is 24.6. The second kappa shape index (κ2) is 10.2. The van der Waals surface area contributed by atoms with E-state index in [-0.39, 0.29) is 26.5 Å². The fourth-order valence-corrected chi connectivity index (χ4v) is 4.85. The quantitative estimate of drug-likeness (QED) is 0.467. The van der Waals surface area contributed by atoms with E-state index in [4.69, 9.17) is 23.2 Å². The van der Waals surface area contributed by atoms with E-state index >= 15 is 0 Å². The number of benzene rings is 3. The van der Waals surface area contributed by atoms with Crippen LogP contribution < -0.4 is 14.9 Å². The number of amides is 2. The number of sulfonamides is 1. The van der Waals surface area contributed by atoms with Crippen molar-refractivity contribution in [3.63, 3.8) is 0 Å². The van der Waals surface area contributed by atoms with Crippen molar-refractivity contribution in [2.24, 2.45) is 0 Å². The van der Waals surface area contributed by atoms with E-state index < -0.39 is 22.5 Å². The summed E-state index contributed by atoms with van der Waals surface area (Å²) in [6, 6.07) is 17.1. The molecule has 0 aliphatic carbocycles. The van der Waals surface area contributed by atoms with Crippen LogP contribution >= 0.6 is 23.2 Å². The molecule has 0 atom stereocenters. The average molecular weight is 506 g/mol. The van der Waals surface area contributed by atoms with Crippen molar-refractivity contribution < 1.29 is 18.0 Å². The summed E-state index contributed by atoms with van der Waals surface area (Å²) >= 11 is 12.4. The first-order chi connectivity index (χ1) is 15.6. The molecule has 3 aromatic rings. The molecule has 0 spiro atoms. The summed E-state index contributed by atoms with van der Waals surface area (Å²) in [4.78, 5) is 24.0. The summed E-state index contributed by atoms with van der Waals surface area (Å²) in [5.41, 5.74) is 1.97. The molecule has 33 heavy (non-hydrogen) atoms. The SMILES string of the molecule is CC(=O)Nc1ccc(NC(=O)CN(c2cc(Cl)ccc2Cl)S(=O)(=O)c2ccc(C)cc2)cc1. The van der Waals surface area contributed by atoms with Gasteiger partial charge in [0, 0.05) is 23.3 Å². The van der Waals surface area contributed by atoms with Crippen molar-refractivity contribution in [2.45, 2.75) is 18.7 Å². The van der Waals surface area contributed by atoms with Gasteiger partial charge in [0.1, 0.15) is 6.54 Å². The summed E-state index contributed by atoms with van der Waals surface area (Å²) in [7, 11) is -4.14. The molecule has 7 nitrogen and oxygen atoms in total. The lowest BCUT2D eigenvalue weighted by Crippen LogP contribution is -2.38. The van der Waals surface area contributed by atoms with Gasteiger partial charge in [-0.3, -0.25) is 13.9 Å². The Morgan fingerprint density at radius 3 is 2.03 bits per heavy atom. The summed E-state index contributed by atoms with van der Waals surface area (Å²) in [6.07, 6.45) is 0. The maximum atomic E-state index is 13.4. The van der Waals surface area contributed by atoms with Gasteiger partial charge in [-0.15, -0.1) is 0 Å². The van der Waals surface area contributed by atoms with E-state index in [0.717, 1.165) is 9.87 Å². The third-order valence-electron chi connectivity index (χ3n) is 4.56. The van der Waals surface area contributed by atoms with Crippen LogP contribution in [0, 0.1) is 6.92 Å². The molecule has 0 fully saturated rings. The molecular weight excluding hydrogens is 485 g/mol. The van der Waals surface area contributed by atoms with E-state index in [1.165, 1.54) is 37.3 Å². The van der Waals surface area contributed by atoms with Gasteiger partial charge in [-0.25, -0.2) is 8.42 Å². The second-order valence-electron chi connectivity index (χ2n) is 7.23. The lowest BCUT2D eigenvalue weighted by atomic mass is 10.2. The Kier molecular flexibility index (Phi) is 7.63. The van der Waals surface area contributed by atoms with E-state index in [1.54, 1.807) is 36.4 Å². The van der Waals surface area contributed by atoms with Crippen molar-refractivity contribution in [3.05, 3.63) is 82.3 Å². The number of hydrogen-bond donors (Lipinski definition) is 2. The average Bonchev–Trinajstić information content (AvgIpc) is 2.75. The summed E-state index contributed by atoms with van der Waals surface area (Å²) in [6.45, 7) is 2.69. The number of rotatable bonds is 7. The normalized spacial score (nSPS) is 11.0. The van der Waals surface area contributed by atoms with Gasteiger partial charge in [-0.1, -0.05) is 40.9 Å². The van der Waals surface area contributed by atoms with Gasteiger partial charge in [0.2, 0.25) is 11.8 Å². The van der Waals surface area contributed by atoms with Gasteiger partial charge < -0.3 is 10.6 Å². The van der Waals surface area contributed by atoms with Crippen LogP contribution in [0.1, 0.15) is 12.5 Å². The number of nitrogens with zero attached hydrogens (tertiary/aromatic N) is 1. The van der Waals surface area contributed by atoms with Gasteiger partial charge in [0.25, 0.3) is 10.0 Å². The zero-order valence-electron chi connectivity index (χ0n) is 17.8. The minimum Gasteiger partial charge on any atom is -0.326 e. The smallest absolute Gasteiger partial charge is 0.264 e. The summed E-state index contributed by atoms with van der Waals surface area (Å²) in [5, 5.41) is 5.68. The number of anilines is 3. The Balaban J connectivity index is 1.91. The van der Waals surface area contributed by atoms with Crippen LogP contribution in [0.5, 0.6) is 0 Å². The zero-order chi connectivity index (χ0) is 24.2. The molecule has 0 aliphatic rings. The summed E-state index contributed by atoms with van der Waals surface area (Å²) < 4.78 is 27.8. The molecule has 0 radical (unpaired) electrons. The van der Waals surface area contributed by atoms with Gasteiger partial charge >= 0.3 is 0 Å². The largest absolute Gasteiger partial charge is 0.326 e. The fourth-order valence-electron chi connectivity index (χ4n) is 2.99. The highest BCUT2D eigenvalue weighted by atomic mass is 35.5. The molecule has 2 N–H and O–H groups in total. The minimum absolute atomic E-state index is 0.0107. The van der Waals surface area contributed by atoms with Crippen LogP contribution in [0.15, 0.2) is 71.6 Å². The predicted octanol–water partition coefficient (Wildman–Crippen LogP) is 5.09. The van der Waals surface area contributed by atoms with Gasteiger partial charge in [0.15, 0.2) is 0 Å². The lowest BCUT2D eigenvalue weighted by Gasteiger charge is -2.25. The molecule has 0 heterocycles. The Labute approximate surface area is 202 Å². The van der Waals surface area contributed by atoms with Crippen LogP contribution in [0.4, 0.5) is 17.1 Å². The standard InChI is InChI=1S/C23H21Cl2N3O4S/c1-15-3-10-20(11-4-15)33(31,32)28(22-13-17(24)5-12-21(22)25)14-23(30)27-19-8-6-18(7-9-19)26-16(2)29/h3-13H,14H2,1-2H3,(H,26,29)(H,27,30). The molecule has 0 aliphatic heterocycles. The number of carbonyl (C=O) groups is 2. The molecule has 172 valence electrons. The number of hydrogen-bond acceptors (Lipinski definition) is 4. The van der Waals surface area contributed by atoms with Crippen LogP contribution in [0.25, 0.3) is 0 Å². The molecule has 3 aromatic carbocycles. The number of halogens is 2. The Bertz CT molecular complexity index is 1280. The Hall–Kier alpha value is -3.07. The highest BCUT2D eigenvalue weighted by Crippen LogP contribution is 2.33. The Morgan fingerprint density at radius 1 is 0.879 bits per heavy atom. The van der Waals surface area contributed by atoms with Crippen LogP contribution in [0.2, 0.25) is 10.0 Å². The summed E-state index contributed by atoms with van der Waals surface area (Å²) in [5.74, 6) is -0.809. The minimum atomic E-state index is -4.14. The third-order valence-corrected chi connectivity index (χ3v) is 6.89. The molecular formula is C23H21Cl2N3O4S. The first-order valence-electron chi connectivity index (χ1n) is 9.78. The molecule has 2 amide bonds. The molecule has 0 unspecified atom stereocenters. The highest BCUT2D eigenvalue weighted by molar-refractivity contribution is 7.92. The van der Waals surface area contributed by atoms with E-state index in [1.807, 2.05) is 6.92 Å². The maximum absolute atomic E-state index is 13.4. The topological polar surface area (TPSA) is 95.6 Å². The van der Waals surface area contributed by atoms with Crippen molar-refractivity contribution in [2.75, 3.05) is 21.5 Å². The zero-order valence-corrected chi connectivity index (χ0v) is 20.1. The van der Waals surface area contributed by atoms with Crippen molar-refractivity contribution in [1.29, 1.82) is 0 Å². The van der Waals surface area contributed by atoms with Crippen LogP contribution in [-0.4, -0.2) is 26.8 Å². The van der Waals surface area contributed by atoms with E-state index in [2.05, 4.69) is 10.6 Å². The Morgan fingerprint density at radius 2 is 1.45 bits per heavy atom. The van der Waals surface area contributed by atoms with Gasteiger partial charge in [-0.2, -0.15) is 0 Å². The van der Waals surface area contributed by atoms with E-state index in [0.29, 0.717) is 11.4 Å². The monoisotopic (exact) mass is 505 g/mol. The molecule has 10 heteroatoms. The van der Waals surface area contributed by atoms with Crippen LogP contribution in [-0.2, 0) is 19.6 Å². The van der Waals surface area contributed by atoms with Crippen molar-refractivity contribution in [3.8, 4) is 0 Å². The fraction of sp³-hybridized carbons (Fsp3) is 0.130. The molecule has 3 rings (SSSR count). The van der Waals surface area contributed by atoms with Crippen LogP contribution in [0.3, 0.4) is 0 Å². The molecule has 0 aromatic heterocycles. The number of aryl methyl sites for hydroxylation is 1. The van der Waals surface area contributed by atoms with Gasteiger partial charge in [-0.05, 0) is 61.5 Å². The number of nitrogens with one attached hydrogen (secondary N) is 2.